The first-order valence-corrected chi connectivity index (χ1v) is 11.6. The molecule has 10 heteroatoms. The predicted molar refractivity (Wildman–Crippen MR) is 133 cm³/mol. The Labute approximate surface area is 207 Å². The molecule has 1 saturated heterocycles. The molecule has 1 aliphatic heterocycles. The van der Waals surface area contributed by atoms with Gasteiger partial charge in [-0.1, -0.05) is 35.3 Å². The zero-order valence-corrected chi connectivity index (χ0v) is 19.8. The van der Waals surface area contributed by atoms with Crippen LogP contribution < -0.4 is 21.7 Å². The van der Waals surface area contributed by atoms with E-state index in [4.69, 9.17) is 28.9 Å². The molecule has 1 aromatic heterocycles. The molecule has 0 unspecified atom stereocenters. The molecule has 2 heterocycles. The molecule has 0 saturated carbocycles. The minimum absolute atomic E-state index is 0.0196. The summed E-state index contributed by atoms with van der Waals surface area (Å²) in [4.78, 5) is 34.1. The van der Waals surface area contributed by atoms with Gasteiger partial charge in [0.15, 0.2) is 11.5 Å². The number of hydrogen-bond acceptors (Lipinski definition) is 6. The minimum atomic E-state index is -0.368. The van der Waals surface area contributed by atoms with E-state index in [0.717, 1.165) is 19.4 Å². The summed E-state index contributed by atoms with van der Waals surface area (Å²) in [5.74, 6) is -0.603. The molecular formula is C24H24Cl2N6O2. The average Bonchev–Trinajstić information content (AvgIpc) is 2.85. The molecule has 4 rings (SSSR count). The fraction of sp³-hybridized carbons (Fsp3) is 0.250. The number of nitrogens with one attached hydrogen (secondary N) is 3. The Kier molecular flexibility index (Phi) is 7.62. The quantitative estimate of drug-likeness (QED) is 0.412. The number of benzene rings is 2. The maximum absolute atomic E-state index is 12.8. The van der Waals surface area contributed by atoms with Crippen LogP contribution >= 0.6 is 23.2 Å². The number of hydrogen-bond donors (Lipinski definition) is 4. The lowest BCUT2D eigenvalue weighted by molar-refractivity contribution is 0.0923. The summed E-state index contributed by atoms with van der Waals surface area (Å²) >= 11 is 12.2. The van der Waals surface area contributed by atoms with Gasteiger partial charge in [0.1, 0.15) is 0 Å². The van der Waals surface area contributed by atoms with Crippen molar-refractivity contribution in [2.24, 2.45) is 0 Å². The molecule has 3 aromatic rings. The summed E-state index contributed by atoms with van der Waals surface area (Å²) in [6.45, 7) is 1.88. The largest absolute Gasteiger partial charge is 0.382 e. The minimum Gasteiger partial charge on any atom is -0.382 e. The van der Waals surface area contributed by atoms with Crippen LogP contribution in [0.4, 0.5) is 5.82 Å². The molecule has 34 heavy (non-hydrogen) atoms. The van der Waals surface area contributed by atoms with E-state index in [1.54, 1.807) is 42.5 Å². The molecule has 0 bridgehead atoms. The lowest BCUT2D eigenvalue weighted by Gasteiger charge is -2.23. The first-order valence-electron chi connectivity index (χ1n) is 10.9. The summed E-state index contributed by atoms with van der Waals surface area (Å²) in [5.41, 5.74) is 8.21. The topological polar surface area (TPSA) is 122 Å². The van der Waals surface area contributed by atoms with Gasteiger partial charge in [-0.05, 0) is 55.3 Å². The number of carbonyl (C=O) groups is 2. The molecule has 0 radical (unpaired) electrons. The van der Waals surface area contributed by atoms with E-state index in [1.165, 1.54) is 6.20 Å². The van der Waals surface area contributed by atoms with Gasteiger partial charge in [-0.15, -0.1) is 0 Å². The van der Waals surface area contributed by atoms with E-state index >= 15 is 0 Å². The second-order valence-electron chi connectivity index (χ2n) is 8.01. The van der Waals surface area contributed by atoms with Crippen LogP contribution in [-0.4, -0.2) is 40.9 Å². The third-order valence-electron chi connectivity index (χ3n) is 5.52. The van der Waals surface area contributed by atoms with Crippen LogP contribution in [-0.2, 0) is 6.54 Å². The smallest absolute Gasteiger partial charge is 0.274 e. The van der Waals surface area contributed by atoms with Crippen molar-refractivity contribution in [1.82, 2.24) is 25.9 Å². The average molecular weight is 499 g/mol. The van der Waals surface area contributed by atoms with Gasteiger partial charge in [-0.3, -0.25) is 9.59 Å². The lowest BCUT2D eigenvalue weighted by atomic mass is 10.1. The summed E-state index contributed by atoms with van der Waals surface area (Å²) in [7, 11) is 0. The highest BCUT2D eigenvalue weighted by Crippen LogP contribution is 2.22. The number of nitrogen functional groups attached to an aromatic ring is 1. The first-order chi connectivity index (χ1) is 16.4. The van der Waals surface area contributed by atoms with Gasteiger partial charge in [0.25, 0.3) is 11.8 Å². The van der Waals surface area contributed by atoms with Crippen molar-refractivity contribution in [3.63, 3.8) is 0 Å². The number of nitrogens with zero attached hydrogens (tertiary/aromatic N) is 2. The highest BCUT2D eigenvalue weighted by molar-refractivity contribution is 6.33. The van der Waals surface area contributed by atoms with E-state index in [0.29, 0.717) is 39.0 Å². The van der Waals surface area contributed by atoms with Gasteiger partial charge in [-0.2, -0.15) is 0 Å². The van der Waals surface area contributed by atoms with Crippen molar-refractivity contribution in [1.29, 1.82) is 0 Å². The third-order valence-corrected chi connectivity index (χ3v) is 6.12. The molecule has 2 aromatic carbocycles. The molecule has 176 valence electrons. The molecule has 0 spiro atoms. The normalized spacial score (nSPS) is 15.5. The second-order valence-corrected chi connectivity index (χ2v) is 8.85. The Balaban J connectivity index is 1.49. The van der Waals surface area contributed by atoms with Gasteiger partial charge < -0.3 is 21.7 Å². The highest BCUT2D eigenvalue weighted by atomic mass is 35.5. The zero-order valence-electron chi connectivity index (χ0n) is 18.3. The predicted octanol–water partition coefficient (Wildman–Crippen LogP) is 3.44. The van der Waals surface area contributed by atoms with E-state index in [2.05, 4.69) is 25.9 Å². The van der Waals surface area contributed by atoms with Crippen molar-refractivity contribution < 1.29 is 9.59 Å². The van der Waals surface area contributed by atoms with E-state index in [1.807, 2.05) is 0 Å². The van der Waals surface area contributed by atoms with Crippen molar-refractivity contribution >= 4 is 40.8 Å². The van der Waals surface area contributed by atoms with Crippen LogP contribution in [0.15, 0.2) is 48.7 Å². The standard InChI is InChI=1S/C24H24Cl2N6O2/c25-17-6-7-19(26)16(10-17)11-30-23(33)15-4-1-3-14(9-15)20-13-29-22(27)21(32-20)24(34)31-18-5-2-8-28-12-18/h1,3-4,6-7,9-10,13,18,28H,2,5,8,11-12H2,(H2,27,29)(H,30,33)(H,31,34)/t18-/m0/s1. The van der Waals surface area contributed by atoms with Crippen molar-refractivity contribution in [3.05, 3.63) is 75.5 Å². The van der Waals surface area contributed by atoms with Crippen LogP contribution in [0.2, 0.25) is 10.0 Å². The van der Waals surface area contributed by atoms with Crippen molar-refractivity contribution in [3.8, 4) is 11.3 Å². The van der Waals surface area contributed by atoms with Crippen LogP contribution in [0.5, 0.6) is 0 Å². The highest BCUT2D eigenvalue weighted by Gasteiger charge is 2.20. The second kappa shape index (κ2) is 10.8. The fourth-order valence-electron chi connectivity index (χ4n) is 3.71. The lowest BCUT2D eigenvalue weighted by Crippen LogP contribution is -2.46. The van der Waals surface area contributed by atoms with E-state index in [9.17, 15) is 9.59 Å². The maximum Gasteiger partial charge on any atom is 0.274 e. The number of nitrogens with two attached hydrogens (primary N) is 1. The van der Waals surface area contributed by atoms with Gasteiger partial charge >= 0.3 is 0 Å². The summed E-state index contributed by atoms with van der Waals surface area (Å²) < 4.78 is 0. The monoisotopic (exact) mass is 498 g/mol. The van der Waals surface area contributed by atoms with Crippen molar-refractivity contribution in [2.75, 3.05) is 18.8 Å². The van der Waals surface area contributed by atoms with Crippen molar-refractivity contribution in [2.45, 2.75) is 25.4 Å². The van der Waals surface area contributed by atoms with E-state index < -0.39 is 0 Å². The van der Waals surface area contributed by atoms with Crippen LogP contribution in [0.25, 0.3) is 11.3 Å². The number of piperidine rings is 1. The third kappa shape index (κ3) is 5.83. The van der Waals surface area contributed by atoms with Gasteiger partial charge in [0.2, 0.25) is 0 Å². The number of carbonyl (C=O) groups excluding carboxylic acids is 2. The molecule has 1 aliphatic rings. The van der Waals surface area contributed by atoms with Crippen LogP contribution in [0.1, 0.15) is 39.3 Å². The first kappa shape index (κ1) is 23.9. The molecule has 8 nitrogen and oxygen atoms in total. The Morgan fingerprint density at radius 1 is 1.15 bits per heavy atom. The fourth-order valence-corrected chi connectivity index (χ4v) is 4.09. The molecule has 1 fully saturated rings. The molecular weight excluding hydrogens is 475 g/mol. The number of rotatable bonds is 6. The zero-order chi connectivity index (χ0) is 24.1. The Morgan fingerprint density at radius 3 is 2.79 bits per heavy atom. The Morgan fingerprint density at radius 2 is 2.00 bits per heavy atom. The van der Waals surface area contributed by atoms with Gasteiger partial charge in [0.05, 0.1) is 11.9 Å². The number of amides is 2. The SMILES string of the molecule is Nc1ncc(-c2cccc(C(=O)NCc3cc(Cl)ccc3Cl)c2)nc1C(=O)N[C@H]1CCCNC1. The summed E-state index contributed by atoms with van der Waals surface area (Å²) in [6.07, 6.45) is 3.37. The molecule has 5 N–H and O–H groups in total. The van der Waals surface area contributed by atoms with Crippen LogP contribution in [0, 0.1) is 0 Å². The summed E-state index contributed by atoms with van der Waals surface area (Å²) in [6, 6.07) is 12.0. The van der Waals surface area contributed by atoms with E-state index in [-0.39, 0.29) is 35.9 Å². The number of anilines is 1. The Hall–Kier alpha value is -3.20. The summed E-state index contributed by atoms with van der Waals surface area (Å²) in [5, 5.41) is 10.1. The molecule has 2 amide bonds. The number of aromatic nitrogens is 2. The molecule has 1 atom stereocenters. The van der Waals surface area contributed by atoms with Gasteiger partial charge in [0, 0.05) is 40.3 Å². The van der Waals surface area contributed by atoms with Gasteiger partial charge in [-0.25, -0.2) is 9.97 Å². The van der Waals surface area contributed by atoms with Crippen LogP contribution in [0.3, 0.4) is 0 Å². The number of halogens is 2. The Bertz CT molecular complexity index is 1210. The maximum atomic E-state index is 12.8. The molecule has 0 aliphatic carbocycles.